The zero-order valence-electron chi connectivity index (χ0n) is 8.14. The SMILES string of the molecule is CCCCCNCC1CCOC1. The van der Waals surface area contributed by atoms with E-state index in [1.807, 2.05) is 0 Å². The molecule has 0 aromatic rings. The molecule has 0 saturated carbocycles. The van der Waals surface area contributed by atoms with Gasteiger partial charge in [-0.3, -0.25) is 0 Å². The van der Waals surface area contributed by atoms with Crippen LogP contribution in [0.4, 0.5) is 0 Å². The van der Waals surface area contributed by atoms with Gasteiger partial charge in [0.05, 0.1) is 6.61 Å². The van der Waals surface area contributed by atoms with Crippen molar-refractivity contribution in [3.63, 3.8) is 0 Å². The highest BCUT2D eigenvalue weighted by molar-refractivity contribution is 4.66. The van der Waals surface area contributed by atoms with Gasteiger partial charge >= 0.3 is 0 Å². The molecule has 1 aliphatic heterocycles. The molecule has 1 saturated heterocycles. The van der Waals surface area contributed by atoms with Crippen LogP contribution in [0.25, 0.3) is 0 Å². The number of nitrogens with one attached hydrogen (secondary N) is 1. The standard InChI is InChI=1S/C10H21NO/c1-2-3-4-6-11-8-10-5-7-12-9-10/h10-11H,2-9H2,1H3. The van der Waals surface area contributed by atoms with Gasteiger partial charge in [0, 0.05) is 13.2 Å². The molecular weight excluding hydrogens is 150 g/mol. The van der Waals surface area contributed by atoms with Gasteiger partial charge in [0.2, 0.25) is 0 Å². The average Bonchev–Trinajstić information content (AvgIpc) is 2.57. The van der Waals surface area contributed by atoms with Crippen LogP contribution < -0.4 is 5.32 Å². The van der Waals surface area contributed by atoms with Gasteiger partial charge in [0.25, 0.3) is 0 Å². The minimum absolute atomic E-state index is 0.784. The maximum atomic E-state index is 5.30. The second kappa shape index (κ2) is 6.44. The van der Waals surface area contributed by atoms with E-state index in [1.165, 1.54) is 32.2 Å². The Morgan fingerprint density at radius 2 is 2.33 bits per heavy atom. The first-order valence-corrected chi connectivity index (χ1v) is 5.22. The Morgan fingerprint density at radius 3 is 3.00 bits per heavy atom. The Kier molecular flexibility index (Phi) is 5.37. The molecule has 1 aliphatic rings. The second-order valence-corrected chi connectivity index (χ2v) is 3.64. The molecule has 0 aromatic heterocycles. The van der Waals surface area contributed by atoms with Crippen LogP contribution in [0.15, 0.2) is 0 Å². The molecule has 0 spiro atoms. The van der Waals surface area contributed by atoms with Gasteiger partial charge in [0.1, 0.15) is 0 Å². The molecule has 0 aromatic carbocycles. The largest absolute Gasteiger partial charge is 0.381 e. The molecule has 0 aliphatic carbocycles. The van der Waals surface area contributed by atoms with Gasteiger partial charge in [-0.05, 0) is 25.3 Å². The summed E-state index contributed by atoms with van der Waals surface area (Å²) < 4.78 is 5.30. The first kappa shape index (κ1) is 10.0. The second-order valence-electron chi connectivity index (χ2n) is 3.64. The molecule has 0 bridgehead atoms. The van der Waals surface area contributed by atoms with Crippen LogP contribution in [0, 0.1) is 5.92 Å². The molecular formula is C10H21NO. The van der Waals surface area contributed by atoms with Crippen LogP contribution in [-0.2, 0) is 4.74 Å². The van der Waals surface area contributed by atoms with Crippen LogP contribution in [0.1, 0.15) is 32.6 Å². The zero-order chi connectivity index (χ0) is 8.65. The Hall–Kier alpha value is -0.0800. The molecule has 0 amide bonds. The molecule has 2 heteroatoms. The fourth-order valence-corrected chi connectivity index (χ4v) is 1.55. The summed E-state index contributed by atoms with van der Waals surface area (Å²) in [7, 11) is 0. The lowest BCUT2D eigenvalue weighted by Crippen LogP contribution is -2.23. The molecule has 12 heavy (non-hydrogen) atoms. The van der Waals surface area contributed by atoms with Crippen molar-refractivity contribution in [3.05, 3.63) is 0 Å². The van der Waals surface area contributed by atoms with Gasteiger partial charge in [0.15, 0.2) is 0 Å². The van der Waals surface area contributed by atoms with Gasteiger partial charge < -0.3 is 10.1 Å². The van der Waals surface area contributed by atoms with E-state index in [0.29, 0.717) is 0 Å². The molecule has 1 rings (SSSR count). The van der Waals surface area contributed by atoms with Gasteiger partial charge in [-0.25, -0.2) is 0 Å². The van der Waals surface area contributed by atoms with E-state index in [2.05, 4.69) is 12.2 Å². The van der Waals surface area contributed by atoms with E-state index in [1.54, 1.807) is 0 Å². The monoisotopic (exact) mass is 171 g/mol. The molecule has 1 N–H and O–H groups in total. The molecule has 1 atom stereocenters. The number of ether oxygens (including phenoxy) is 1. The molecule has 1 fully saturated rings. The smallest absolute Gasteiger partial charge is 0.0507 e. The third kappa shape index (κ3) is 4.07. The van der Waals surface area contributed by atoms with E-state index >= 15 is 0 Å². The first-order valence-electron chi connectivity index (χ1n) is 5.22. The topological polar surface area (TPSA) is 21.3 Å². The lowest BCUT2D eigenvalue weighted by Gasteiger charge is -2.08. The highest BCUT2D eigenvalue weighted by Gasteiger charge is 2.14. The van der Waals surface area contributed by atoms with Crippen molar-refractivity contribution in [3.8, 4) is 0 Å². The summed E-state index contributed by atoms with van der Waals surface area (Å²) in [5, 5.41) is 3.48. The highest BCUT2D eigenvalue weighted by atomic mass is 16.5. The van der Waals surface area contributed by atoms with E-state index in [9.17, 15) is 0 Å². The third-order valence-electron chi connectivity index (χ3n) is 2.41. The molecule has 0 radical (unpaired) electrons. The average molecular weight is 171 g/mol. The summed E-state index contributed by atoms with van der Waals surface area (Å²) in [5.74, 6) is 0.784. The quantitative estimate of drug-likeness (QED) is 0.615. The normalized spacial score (nSPS) is 23.2. The molecule has 1 unspecified atom stereocenters. The summed E-state index contributed by atoms with van der Waals surface area (Å²) in [6.07, 6.45) is 5.24. The Bertz CT molecular complexity index is 100. The predicted octanol–water partition coefficient (Wildman–Crippen LogP) is 1.80. The fraction of sp³-hybridized carbons (Fsp3) is 1.00. The summed E-state index contributed by atoms with van der Waals surface area (Å²) in [5.41, 5.74) is 0. The Balaban J connectivity index is 1.81. The summed E-state index contributed by atoms with van der Waals surface area (Å²) in [6, 6.07) is 0. The maximum Gasteiger partial charge on any atom is 0.0507 e. The fourth-order valence-electron chi connectivity index (χ4n) is 1.55. The summed E-state index contributed by atoms with van der Waals surface area (Å²) in [4.78, 5) is 0. The third-order valence-corrected chi connectivity index (χ3v) is 2.41. The van der Waals surface area contributed by atoms with E-state index in [-0.39, 0.29) is 0 Å². The first-order chi connectivity index (χ1) is 5.93. The Labute approximate surface area is 75.7 Å². The van der Waals surface area contributed by atoms with Gasteiger partial charge in [-0.1, -0.05) is 19.8 Å². The van der Waals surface area contributed by atoms with Crippen molar-refractivity contribution in [2.75, 3.05) is 26.3 Å². The molecule has 2 nitrogen and oxygen atoms in total. The minimum atomic E-state index is 0.784. The van der Waals surface area contributed by atoms with Crippen LogP contribution >= 0.6 is 0 Å². The zero-order valence-corrected chi connectivity index (χ0v) is 8.14. The van der Waals surface area contributed by atoms with Gasteiger partial charge in [-0.2, -0.15) is 0 Å². The van der Waals surface area contributed by atoms with Crippen LogP contribution in [0.2, 0.25) is 0 Å². The van der Waals surface area contributed by atoms with Crippen LogP contribution in [-0.4, -0.2) is 26.3 Å². The molecule has 1 heterocycles. The minimum Gasteiger partial charge on any atom is -0.381 e. The van der Waals surface area contributed by atoms with Crippen molar-refractivity contribution >= 4 is 0 Å². The predicted molar refractivity (Wildman–Crippen MR) is 51.3 cm³/mol. The maximum absolute atomic E-state index is 5.30. The van der Waals surface area contributed by atoms with E-state index in [4.69, 9.17) is 4.74 Å². The van der Waals surface area contributed by atoms with Crippen molar-refractivity contribution in [1.29, 1.82) is 0 Å². The van der Waals surface area contributed by atoms with Crippen molar-refractivity contribution in [1.82, 2.24) is 5.32 Å². The summed E-state index contributed by atoms with van der Waals surface area (Å²) in [6.45, 7) is 6.53. The van der Waals surface area contributed by atoms with Crippen LogP contribution in [0.3, 0.4) is 0 Å². The Morgan fingerprint density at radius 1 is 1.42 bits per heavy atom. The van der Waals surface area contributed by atoms with Crippen LogP contribution in [0.5, 0.6) is 0 Å². The molecule has 72 valence electrons. The lowest BCUT2D eigenvalue weighted by molar-refractivity contribution is 0.185. The number of unbranched alkanes of at least 4 members (excludes halogenated alkanes) is 2. The lowest BCUT2D eigenvalue weighted by atomic mass is 10.1. The number of rotatable bonds is 6. The van der Waals surface area contributed by atoms with Crippen molar-refractivity contribution < 1.29 is 4.74 Å². The highest BCUT2D eigenvalue weighted by Crippen LogP contribution is 2.10. The van der Waals surface area contributed by atoms with Gasteiger partial charge in [-0.15, -0.1) is 0 Å². The van der Waals surface area contributed by atoms with E-state index < -0.39 is 0 Å². The van der Waals surface area contributed by atoms with E-state index in [0.717, 1.165) is 25.7 Å². The van der Waals surface area contributed by atoms with Crippen molar-refractivity contribution in [2.24, 2.45) is 5.92 Å². The van der Waals surface area contributed by atoms with Crippen molar-refractivity contribution in [2.45, 2.75) is 32.6 Å². The summed E-state index contributed by atoms with van der Waals surface area (Å²) >= 11 is 0. The number of hydrogen-bond acceptors (Lipinski definition) is 2. The number of hydrogen-bond donors (Lipinski definition) is 1.